The van der Waals surface area contributed by atoms with Crippen molar-refractivity contribution in [2.75, 3.05) is 6.54 Å². The van der Waals surface area contributed by atoms with Gasteiger partial charge in [-0.1, -0.05) is 0 Å². The predicted octanol–water partition coefficient (Wildman–Crippen LogP) is -1.35. The first-order chi connectivity index (χ1) is 2.77. The van der Waals surface area contributed by atoms with Crippen molar-refractivity contribution in [1.29, 1.82) is 0 Å². The van der Waals surface area contributed by atoms with E-state index in [1.54, 1.807) is 0 Å². The molecular formula is C3H9NO2. The zero-order chi connectivity index (χ0) is 4.99. The van der Waals surface area contributed by atoms with Crippen LogP contribution in [0.3, 0.4) is 0 Å². The Morgan fingerprint density at radius 2 is 2.00 bits per heavy atom. The molecule has 0 fully saturated rings. The summed E-state index contributed by atoms with van der Waals surface area (Å²) >= 11 is 0. The summed E-state index contributed by atoms with van der Waals surface area (Å²) in [6, 6.07) is 0. The largest absolute Gasteiger partial charge is 0.368 e. The summed E-state index contributed by atoms with van der Waals surface area (Å²) in [4.78, 5) is 0. The molecule has 0 amide bonds. The SMILES string of the molecule is NCCC(O)O. The summed E-state index contributed by atoms with van der Waals surface area (Å²) in [6.07, 6.45) is -0.963. The van der Waals surface area contributed by atoms with Crippen LogP contribution in [0.15, 0.2) is 0 Å². The Labute approximate surface area is 36.4 Å². The lowest BCUT2D eigenvalue weighted by Crippen LogP contribution is -2.11. The Bertz CT molecular complexity index is 30.0. The molecule has 0 heterocycles. The van der Waals surface area contributed by atoms with Crippen LogP contribution >= 0.6 is 0 Å². The Balaban J connectivity index is 2.63. The molecule has 0 bridgehead atoms. The van der Waals surface area contributed by atoms with Crippen LogP contribution in [-0.2, 0) is 0 Å². The fraction of sp³-hybridized carbons (Fsp3) is 1.00. The first-order valence-corrected chi connectivity index (χ1v) is 1.83. The van der Waals surface area contributed by atoms with Crippen LogP contribution in [0.2, 0.25) is 0 Å². The van der Waals surface area contributed by atoms with Gasteiger partial charge in [-0.2, -0.15) is 0 Å². The third-order valence-corrected chi connectivity index (χ3v) is 0.425. The monoisotopic (exact) mass is 91.1 g/mol. The van der Waals surface area contributed by atoms with Gasteiger partial charge in [-0.15, -0.1) is 0 Å². The standard InChI is InChI=1S/C3H9NO2/c4-2-1-3(5)6/h3,5-6H,1-2,4H2. The van der Waals surface area contributed by atoms with Crippen LogP contribution < -0.4 is 5.73 Å². The second-order valence-corrected chi connectivity index (χ2v) is 1.06. The van der Waals surface area contributed by atoms with E-state index in [2.05, 4.69) is 0 Å². The summed E-state index contributed by atoms with van der Waals surface area (Å²) in [5, 5.41) is 16.1. The minimum Gasteiger partial charge on any atom is -0.368 e. The minimum absolute atomic E-state index is 0.264. The Hall–Kier alpha value is -0.120. The van der Waals surface area contributed by atoms with Crippen molar-refractivity contribution in [3.63, 3.8) is 0 Å². The third kappa shape index (κ3) is 3.88. The number of rotatable bonds is 2. The average molecular weight is 91.1 g/mol. The molecule has 0 aromatic rings. The molecule has 0 aromatic carbocycles. The molecule has 0 atom stereocenters. The highest BCUT2D eigenvalue weighted by Gasteiger charge is 1.89. The van der Waals surface area contributed by atoms with Crippen LogP contribution in [-0.4, -0.2) is 23.0 Å². The van der Waals surface area contributed by atoms with Gasteiger partial charge in [-0.05, 0) is 6.54 Å². The maximum Gasteiger partial charge on any atom is 0.152 e. The Morgan fingerprint density at radius 1 is 1.50 bits per heavy atom. The quantitative estimate of drug-likeness (QED) is 0.368. The molecular weight excluding hydrogens is 82.0 g/mol. The van der Waals surface area contributed by atoms with E-state index in [9.17, 15) is 0 Å². The molecule has 0 aliphatic heterocycles. The highest BCUT2D eigenvalue weighted by Crippen LogP contribution is 1.77. The van der Waals surface area contributed by atoms with E-state index in [4.69, 9.17) is 15.9 Å². The number of nitrogens with two attached hydrogens (primary N) is 1. The number of aliphatic hydroxyl groups is 2. The van der Waals surface area contributed by atoms with Gasteiger partial charge in [0.25, 0.3) is 0 Å². The van der Waals surface area contributed by atoms with Gasteiger partial charge in [0.2, 0.25) is 0 Å². The zero-order valence-corrected chi connectivity index (χ0v) is 3.46. The number of hydrogen-bond donors (Lipinski definition) is 3. The van der Waals surface area contributed by atoms with Gasteiger partial charge < -0.3 is 15.9 Å². The van der Waals surface area contributed by atoms with Crippen LogP contribution in [0.25, 0.3) is 0 Å². The van der Waals surface area contributed by atoms with Gasteiger partial charge in [0.15, 0.2) is 6.29 Å². The van der Waals surface area contributed by atoms with Crippen molar-refractivity contribution >= 4 is 0 Å². The highest BCUT2D eigenvalue weighted by atomic mass is 16.5. The van der Waals surface area contributed by atoms with Crippen molar-refractivity contribution in [3.05, 3.63) is 0 Å². The lowest BCUT2D eigenvalue weighted by atomic mass is 10.4. The molecule has 0 rings (SSSR count). The summed E-state index contributed by atoms with van der Waals surface area (Å²) in [6.45, 7) is 0.331. The molecule has 4 N–H and O–H groups in total. The lowest BCUT2D eigenvalue weighted by molar-refractivity contribution is -0.0430. The van der Waals surface area contributed by atoms with Crippen LogP contribution in [0.1, 0.15) is 6.42 Å². The van der Waals surface area contributed by atoms with Gasteiger partial charge in [-0.3, -0.25) is 0 Å². The topological polar surface area (TPSA) is 66.5 Å². The fourth-order valence-electron chi connectivity index (χ4n) is 0.149. The third-order valence-electron chi connectivity index (χ3n) is 0.425. The van der Waals surface area contributed by atoms with E-state index in [1.807, 2.05) is 0 Å². The van der Waals surface area contributed by atoms with E-state index in [0.717, 1.165) is 0 Å². The van der Waals surface area contributed by atoms with Crippen LogP contribution in [0.4, 0.5) is 0 Å². The molecule has 3 heteroatoms. The summed E-state index contributed by atoms with van der Waals surface area (Å²) in [5.74, 6) is 0. The van der Waals surface area contributed by atoms with Crippen LogP contribution in [0, 0.1) is 0 Å². The first-order valence-electron chi connectivity index (χ1n) is 1.83. The van der Waals surface area contributed by atoms with Gasteiger partial charge >= 0.3 is 0 Å². The molecule has 0 saturated carbocycles. The zero-order valence-electron chi connectivity index (χ0n) is 3.46. The molecule has 0 aliphatic carbocycles. The molecule has 0 radical (unpaired) electrons. The van der Waals surface area contributed by atoms with Gasteiger partial charge in [0.1, 0.15) is 0 Å². The summed E-state index contributed by atoms with van der Waals surface area (Å²) in [7, 11) is 0. The van der Waals surface area contributed by atoms with E-state index in [0.29, 0.717) is 6.54 Å². The van der Waals surface area contributed by atoms with Crippen molar-refractivity contribution < 1.29 is 10.2 Å². The molecule has 0 saturated heterocycles. The van der Waals surface area contributed by atoms with E-state index >= 15 is 0 Å². The van der Waals surface area contributed by atoms with Crippen molar-refractivity contribution in [1.82, 2.24) is 0 Å². The lowest BCUT2D eigenvalue weighted by Gasteiger charge is -1.95. The molecule has 3 nitrogen and oxygen atoms in total. The van der Waals surface area contributed by atoms with Crippen LogP contribution in [0.5, 0.6) is 0 Å². The average Bonchev–Trinajstić information content (AvgIpc) is 1.35. The molecule has 0 aromatic heterocycles. The minimum atomic E-state index is -1.23. The molecule has 6 heavy (non-hydrogen) atoms. The highest BCUT2D eigenvalue weighted by molar-refractivity contribution is 4.35. The second-order valence-electron chi connectivity index (χ2n) is 1.06. The predicted molar refractivity (Wildman–Crippen MR) is 21.9 cm³/mol. The normalized spacial score (nSPS) is 10.0. The van der Waals surface area contributed by atoms with Gasteiger partial charge in [-0.25, -0.2) is 0 Å². The Kier molecular flexibility index (Phi) is 3.02. The van der Waals surface area contributed by atoms with Gasteiger partial charge in [0, 0.05) is 6.42 Å². The Morgan fingerprint density at radius 3 is 2.00 bits per heavy atom. The van der Waals surface area contributed by atoms with E-state index < -0.39 is 6.29 Å². The van der Waals surface area contributed by atoms with Gasteiger partial charge in [0.05, 0.1) is 0 Å². The maximum atomic E-state index is 8.03. The second kappa shape index (κ2) is 3.08. The number of aliphatic hydroxyl groups excluding tert-OH is 1. The van der Waals surface area contributed by atoms with E-state index in [1.165, 1.54) is 0 Å². The number of hydrogen-bond acceptors (Lipinski definition) is 3. The van der Waals surface area contributed by atoms with Crippen molar-refractivity contribution in [2.45, 2.75) is 12.7 Å². The fourth-order valence-corrected chi connectivity index (χ4v) is 0.149. The smallest absolute Gasteiger partial charge is 0.152 e. The summed E-state index contributed by atoms with van der Waals surface area (Å²) in [5.41, 5.74) is 4.91. The van der Waals surface area contributed by atoms with Crippen molar-refractivity contribution in [3.8, 4) is 0 Å². The first kappa shape index (κ1) is 5.88. The molecule has 0 unspecified atom stereocenters. The molecule has 0 spiro atoms. The maximum absolute atomic E-state index is 8.03. The molecule has 38 valence electrons. The van der Waals surface area contributed by atoms with Crippen molar-refractivity contribution in [2.24, 2.45) is 5.73 Å². The summed E-state index contributed by atoms with van der Waals surface area (Å²) < 4.78 is 0. The van der Waals surface area contributed by atoms with E-state index in [-0.39, 0.29) is 6.42 Å². The molecule has 0 aliphatic rings.